The lowest BCUT2D eigenvalue weighted by Crippen LogP contribution is -2.32. The first-order valence-electron chi connectivity index (χ1n) is 19.4. The normalized spacial score (nSPS) is 15.7. The molecule has 1 aromatic carbocycles. The number of likely N-dealkylation sites (tertiary alicyclic amines) is 1. The standard InChI is InChI=1S/C25H37N5O4S.C10H19NO2.C4H7F.CH3NO/c1-18(2)16-34-25(32)27-14-8-6-5-7-13-26-23(31)15-22(30(4)29-33)20-9-11-21(12-10-20)24-19(3)28-17-35-24;1-10(2,3)6-9(13)11-5-4-8(12)7-11;1-4(5)2-3-4;2-1-3/h9-12,17-18,22H,5-8,13-16H2,1-4H3,(H,26,31)(H,27,32);8,12H,4-7H2,1-3H3;2-3H2,1H3;1H,(H2,2,3). The Morgan fingerprint density at radius 3 is 2.16 bits per heavy atom. The highest BCUT2D eigenvalue weighted by molar-refractivity contribution is 7.13. The van der Waals surface area contributed by atoms with E-state index < -0.39 is 11.7 Å². The number of nitrogens with one attached hydrogen (secondary N) is 2. The first-order valence-corrected chi connectivity index (χ1v) is 20.2. The minimum atomic E-state index is -0.750. The summed E-state index contributed by atoms with van der Waals surface area (Å²) in [6.07, 6.45) is 6.19. The molecule has 2 unspecified atom stereocenters. The molecule has 1 aliphatic heterocycles. The molecule has 1 aliphatic carbocycles. The molecule has 1 aromatic heterocycles. The Labute approximate surface area is 336 Å². The molecule has 1 saturated heterocycles. The van der Waals surface area contributed by atoms with Crippen LogP contribution in [0.2, 0.25) is 0 Å². The number of benzene rings is 1. The highest BCUT2D eigenvalue weighted by Crippen LogP contribution is 2.38. The van der Waals surface area contributed by atoms with Crippen molar-refractivity contribution in [2.45, 2.75) is 124 Å². The van der Waals surface area contributed by atoms with E-state index in [-0.39, 0.29) is 42.3 Å². The van der Waals surface area contributed by atoms with Crippen molar-refractivity contribution in [1.82, 2.24) is 25.5 Å². The number of nitrogens with two attached hydrogens (primary N) is 1. The predicted octanol–water partition coefficient (Wildman–Crippen LogP) is 6.85. The molecule has 4 amide bonds. The van der Waals surface area contributed by atoms with E-state index in [1.807, 2.05) is 50.5 Å². The molecule has 16 heteroatoms. The minimum absolute atomic E-state index is 0.0463. The molecule has 5 N–H and O–H groups in total. The lowest BCUT2D eigenvalue weighted by atomic mass is 9.92. The molecule has 0 bridgehead atoms. The summed E-state index contributed by atoms with van der Waals surface area (Å²) in [5.74, 6) is 0.367. The molecule has 0 radical (unpaired) electrons. The van der Waals surface area contributed by atoms with Gasteiger partial charge in [0.2, 0.25) is 18.2 Å². The molecule has 2 fully saturated rings. The largest absolute Gasteiger partial charge is 0.449 e. The van der Waals surface area contributed by atoms with Crippen molar-refractivity contribution in [2.24, 2.45) is 22.4 Å². The van der Waals surface area contributed by atoms with Gasteiger partial charge in [-0.05, 0) is 68.4 Å². The van der Waals surface area contributed by atoms with Gasteiger partial charge in [0.25, 0.3) is 0 Å². The SMILES string of the molecule is CC(C)(C)CC(=O)N1CCC(O)C1.CC1(F)CC1.Cc1ncsc1-c1ccc(C(CC(=O)NCCCCCCNC(=O)OCC(C)C)N(C)N=O)cc1.NC=O. The number of aliphatic hydroxyl groups excluding tert-OH is 1. The van der Waals surface area contributed by atoms with Crippen LogP contribution < -0.4 is 16.4 Å². The Hall–Kier alpha value is -4.18. The van der Waals surface area contributed by atoms with Crippen molar-refractivity contribution < 1.29 is 33.4 Å². The van der Waals surface area contributed by atoms with E-state index in [0.717, 1.165) is 73.2 Å². The van der Waals surface area contributed by atoms with E-state index in [2.05, 4.69) is 47.4 Å². The average molecular weight is 808 g/mol. The van der Waals surface area contributed by atoms with E-state index in [9.17, 15) is 28.8 Å². The van der Waals surface area contributed by atoms with E-state index in [1.54, 1.807) is 30.2 Å². The van der Waals surface area contributed by atoms with Crippen LogP contribution in [0.4, 0.5) is 9.18 Å². The van der Waals surface area contributed by atoms with Gasteiger partial charge in [0.1, 0.15) is 5.67 Å². The number of hydrogen-bond donors (Lipinski definition) is 4. The number of aliphatic hydroxyl groups is 1. The number of halogens is 1. The van der Waals surface area contributed by atoms with Gasteiger partial charge in [-0.3, -0.25) is 19.4 Å². The maximum atomic E-state index is 12.5. The second kappa shape index (κ2) is 25.9. The maximum Gasteiger partial charge on any atom is 0.407 e. The van der Waals surface area contributed by atoms with Crippen LogP contribution in [0.1, 0.15) is 117 Å². The molecule has 316 valence electrons. The number of hydrogen-bond acceptors (Lipinski definition) is 10. The molecule has 2 heterocycles. The van der Waals surface area contributed by atoms with E-state index in [4.69, 9.17) is 9.53 Å². The third-order valence-corrected chi connectivity index (χ3v) is 9.62. The lowest BCUT2D eigenvalue weighted by Gasteiger charge is -2.23. The Kier molecular flexibility index (Phi) is 23.0. The van der Waals surface area contributed by atoms with Crippen molar-refractivity contribution in [3.63, 3.8) is 0 Å². The first-order chi connectivity index (χ1) is 26.3. The summed E-state index contributed by atoms with van der Waals surface area (Å²) >= 11 is 1.58. The van der Waals surface area contributed by atoms with Crippen molar-refractivity contribution in [2.75, 3.05) is 39.8 Å². The van der Waals surface area contributed by atoms with Gasteiger partial charge in [0, 0.05) is 39.6 Å². The molecule has 1 saturated carbocycles. The zero-order chi connectivity index (χ0) is 42.3. The van der Waals surface area contributed by atoms with Crippen molar-refractivity contribution in [3.8, 4) is 10.4 Å². The van der Waals surface area contributed by atoms with Gasteiger partial charge in [-0.25, -0.2) is 14.2 Å². The molecule has 56 heavy (non-hydrogen) atoms. The number of carbonyl (C=O) groups is 4. The number of thiazole rings is 1. The zero-order valence-electron chi connectivity index (χ0n) is 34.6. The fourth-order valence-electron chi connectivity index (χ4n) is 5.23. The monoisotopic (exact) mass is 807 g/mol. The van der Waals surface area contributed by atoms with Crippen LogP contribution in [0.5, 0.6) is 0 Å². The van der Waals surface area contributed by atoms with Gasteiger partial charge in [-0.1, -0.05) is 71.7 Å². The van der Waals surface area contributed by atoms with Gasteiger partial charge in [-0.15, -0.1) is 16.2 Å². The van der Waals surface area contributed by atoms with Gasteiger partial charge in [0.05, 0.1) is 46.5 Å². The topological polar surface area (TPSA) is 197 Å². The molecule has 14 nitrogen and oxygen atoms in total. The van der Waals surface area contributed by atoms with Gasteiger partial charge in [0.15, 0.2) is 0 Å². The summed E-state index contributed by atoms with van der Waals surface area (Å²) in [4.78, 5) is 62.6. The van der Waals surface area contributed by atoms with Crippen molar-refractivity contribution in [3.05, 3.63) is 45.9 Å². The van der Waals surface area contributed by atoms with Crippen LogP contribution in [0.15, 0.2) is 35.1 Å². The number of carbonyl (C=O) groups excluding carboxylic acids is 4. The smallest absolute Gasteiger partial charge is 0.407 e. The minimum Gasteiger partial charge on any atom is -0.449 e. The number of nitrogens with zero attached hydrogens (tertiary/aromatic N) is 4. The van der Waals surface area contributed by atoms with Crippen LogP contribution in [0.25, 0.3) is 10.4 Å². The third-order valence-electron chi connectivity index (χ3n) is 8.64. The highest BCUT2D eigenvalue weighted by Gasteiger charge is 2.36. The van der Waals surface area contributed by atoms with Crippen molar-refractivity contribution in [1.29, 1.82) is 0 Å². The van der Waals surface area contributed by atoms with Crippen LogP contribution >= 0.6 is 11.3 Å². The number of primary amides is 1. The third kappa shape index (κ3) is 22.4. The number of aromatic nitrogens is 1. The molecule has 0 spiro atoms. The number of amides is 4. The van der Waals surface area contributed by atoms with E-state index in [0.29, 0.717) is 38.6 Å². The molecule has 2 atom stereocenters. The van der Waals surface area contributed by atoms with E-state index in [1.165, 1.54) is 5.01 Å². The number of aryl methyl sites for hydroxylation is 1. The Morgan fingerprint density at radius 2 is 1.71 bits per heavy atom. The molecular formula is C40H66FN7O7S. The first kappa shape index (κ1) is 49.8. The van der Waals surface area contributed by atoms with Crippen molar-refractivity contribution >= 4 is 35.7 Å². The van der Waals surface area contributed by atoms with Gasteiger partial charge >= 0.3 is 6.09 Å². The van der Waals surface area contributed by atoms with Crippen LogP contribution in [0, 0.1) is 23.2 Å². The number of nitroso groups, excluding NO2 is 1. The molecule has 2 aromatic rings. The summed E-state index contributed by atoms with van der Waals surface area (Å²) in [6, 6.07) is 7.39. The summed E-state index contributed by atoms with van der Waals surface area (Å²) in [5.41, 5.74) is 8.17. The fraction of sp³-hybridized carbons (Fsp3) is 0.675. The predicted molar refractivity (Wildman–Crippen MR) is 219 cm³/mol. The molecule has 4 rings (SSSR count). The van der Waals surface area contributed by atoms with Crippen LogP contribution in [-0.4, -0.2) is 95.9 Å². The quantitative estimate of drug-likeness (QED) is 0.0607. The zero-order valence-corrected chi connectivity index (χ0v) is 35.5. The highest BCUT2D eigenvalue weighted by atomic mass is 32.1. The summed E-state index contributed by atoms with van der Waals surface area (Å²) < 4.78 is 16.9. The van der Waals surface area contributed by atoms with Crippen LogP contribution in [0.3, 0.4) is 0 Å². The summed E-state index contributed by atoms with van der Waals surface area (Å²) in [6.45, 7) is 16.6. The number of unbranched alkanes of at least 4 members (excludes halogenated alkanes) is 3. The van der Waals surface area contributed by atoms with Gasteiger partial charge < -0.3 is 31.1 Å². The second-order valence-corrected chi connectivity index (χ2v) is 16.9. The second-order valence-electron chi connectivity index (χ2n) is 16.0. The number of alkyl carbamates (subject to hydrolysis) is 1. The maximum absolute atomic E-state index is 12.5. The molecular weight excluding hydrogens is 742 g/mol. The lowest BCUT2D eigenvalue weighted by molar-refractivity contribution is -0.132. The average Bonchev–Trinajstić information content (AvgIpc) is 3.43. The summed E-state index contributed by atoms with van der Waals surface area (Å²) in [5, 5.41) is 19.2. The fourth-order valence-corrected chi connectivity index (χ4v) is 6.04. The van der Waals surface area contributed by atoms with Crippen LogP contribution in [-0.2, 0) is 19.1 Å². The molecule has 2 aliphatic rings. The number of β-amino-alcohol motifs (C(OH)–C–C–N with tert-alkyl or cyclic N) is 1. The number of ether oxygens (including phenoxy) is 1. The Balaban J connectivity index is 0.000000603. The number of rotatable bonds is 16. The number of alkyl halides is 1. The summed E-state index contributed by atoms with van der Waals surface area (Å²) in [7, 11) is 1.58. The Bertz CT molecular complexity index is 1460. The Morgan fingerprint density at radius 1 is 1.14 bits per heavy atom. The van der Waals surface area contributed by atoms with E-state index >= 15 is 0 Å². The van der Waals surface area contributed by atoms with Gasteiger partial charge in [-0.2, -0.15) is 0 Å².